The molecule has 2 amide bonds. The number of urea groups is 1. The summed E-state index contributed by atoms with van der Waals surface area (Å²) in [5, 5.41) is 12.9. The summed E-state index contributed by atoms with van der Waals surface area (Å²) in [6.45, 7) is 0. The number of rotatable bonds is 8. The number of allylic oxidation sites excluding steroid dienone is 2. The van der Waals surface area contributed by atoms with Crippen LogP contribution in [-0.2, 0) is 20.2 Å². The Morgan fingerprint density at radius 1 is 0.577 bits per heavy atom. The van der Waals surface area contributed by atoms with Crippen LogP contribution in [0.5, 0.6) is 0 Å². The molecule has 17 nitrogen and oxygen atoms in total. The van der Waals surface area contributed by atoms with Crippen LogP contribution in [0, 0.1) is 0 Å². The van der Waals surface area contributed by atoms with Crippen molar-refractivity contribution in [1.82, 2.24) is 0 Å². The van der Waals surface area contributed by atoms with Crippen molar-refractivity contribution < 1.29 is 40.3 Å². The lowest BCUT2D eigenvalue weighted by atomic mass is 9.94. The number of nitrogens with one attached hydrogen (secondary N) is 4. The second-order valence-electron chi connectivity index (χ2n) is 11.2. The summed E-state index contributed by atoms with van der Waals surface area (Å²) in [5.74, 6) is -1.65. The Labute approximate surface area is 295 Å². The highest BCUT2D eigenvalue weighted by atomic mass is 32.2. The summed E-state index contributed by atoms with van der Waals surface area (Å²) in [7, 11) is -9.88. The van der Waals surface area contributed by atoms with E-state index >= 15 is 0 Å². The number of hydrogen-bond acceptors (Lipinski definition) is 13. The molecule has 0 heterocycles. The van der Waals surface area contributed by atoms with Gasteiger partial charge in [0.1, 0.15) is 9.81 Å². The minimum Gasteiger partial charge on any atom is -0.399 e. The third kappa shape index (κ3) is 7.56. The molecule has 0 atom stereocenters. The van der Waals surface area contributed by atoms with Gasteiger partial charge in [0.25, 0.3) is 20.2 Å². The van der Waals surface area contributed by atoms with E-state index in [4.69, 9.17) is 11.5 Å². The number of nitrogens with zero attached hydrogens (tertiary/aromatic N) is 2. The van der Waals surface area contributed by atoms with Gasteiger partial charge in [0, 0.05) is 33.9 Å². The number of ketones is 2. The smallest absolute Gasteiger partial charge is 0.323 e. The average Bonchev–Trinajstić information content (AvgIpc) is 3.06. The van der Waals surface area contributed by atoms with E-state index in [1.165, 1.54) is 48.5 Å². The van der Waals surface area contributed by atoms with E-state index in [1.54, 1.807) is 36.4 Å². The Morgan fingerprint density at radius 2 is 0.981 bits per heavy atom. The molecule has 0 radical (unpaired) electrons. The normalized spacial score (nSPS) is 15.7. The topological polar surface area (TPSA) is 285 Å². The van der Waals surface area contributed by atoms with Crippen molar-refractivity contribution >= 4 is 95.5 Å². The summed E-state index contributed by atoms with van der Waals surface area (Å²) in [5.41, 5.74) is 17.3. The van der Waals surface area contributed by atoms with E-state index in [-0.39, 0.29) is 33.6 Å². The summed E-state index contributed by atoms with van der Waals surface area (Å²) in [6.07, 6.45) is 2.05. The molecule has 2 aliphatic rings. The van der Waals surface area contributed by atoms with Crippen molar-refractivity contribution in [2.45, 2.75) is 0 Å². The van der Waals surface area contributed by atoms with E-state index in [0.29, 0.717) is 22.7 Å². The Balaban J connectivity index is 1.22. The molecule has 0 bridgehead atoms. The van der Waals surface area contributed by atoms with Crippen LogP contribution in [0.25, 0.3) is 12.2 Å². The minimum atomic E-state index is -4.94. The lowest BCUT2D eigenvalue weighted by molar-refractivity contribution is 0.105. The highest BCUT2D eigenvalue weighted by Gasteiger charge is 2.34. The van der Waals surface area contributed by atoms with Gasteiger partial charge in [0.05, 0.1) is 11.4 Å². The third-order valence-electron chi connectivity index (χ3n) is 7.50. The minimum absolute atomic E-state index is 0.0262. The number of Topliss-reactive ketones (excluding diaryl/α,β-unsaturated/α-hetero) is 2. The maximum Gasteiger partial charge on any atom is 0.323 e. The molecule has 0 saturated carbocycles. The zero-order valence-electron chi connectivity index (χ0n) is 26.4. The molecule has 0 unspecified atom stereocenters. The molecule has 6 rings (SSSR count). The fourth-order valence-electron chi connectivity index (χ4n) is 5.19. The predicted molar refractivity (Wildman–Crippen MR) is 197 cm³/mol. The van der Waals surface area contributed by atoms with Crippen molar-refractivity contribution in [3.63, 3.8) is 0 Å². The molecule has 52 heavy (non-hydrogen) atoms. The molecule has 0 aromatic heterocycles. The number of hydrazone groups is 2. The second-order valence-corrected chi connectivity index (χ2v) is 14.0. The maximum absolute atomic E-state index is 13.3. The molecular formula is C33H26N8O9S2. The van der Waals surface area contributed by atoms with Crippen molar-refractivity contribution in [1.29, 1.82) is 0 Å². The fraction of sp³-hybridized carbons (Fsp3) is 0. The largest absolute Gasteiger partial charge is 0.399 e. The molecule has 0 aliphatic heterocycles. The van der Waals surface area contributed by atoms with Gasteiger partial charge in [0.15, 0.2) is 11.4 Å². The molecular weight excluding hydrogens is 717 g/mol. The number of carbonyl (C=O) groups is 3. The Bertz CT molecular complexity index is 2390. The highest BCUT2D eigenvalue weighted by Crippen LogP contribution is 2.30. The Kier molecular flexibility index (Phi) is 9.17. The molecule has 0 fully saturated rings. The summed E-state index contributed by atoms with van der Waals surface area (Å²) < 4.78 is 68.8. The third-order valence-corrected chi connectivity index (χ3v) is 9.23. The molecule has 264 valence electrons. The number of anilines is 6. The van der Waals surface area contributed by atoms with E-state index < -0.39 is 59.1 Å². The van der Waals surface area contributed by atoms with Crippen LogP contribution in [0.3, 0.4) is 0 Å². The van der Waals surface area contributed by atoms with Crippen LogP contribution in [0.15, 0.2) is 105 Å². The molecule has 4 aromatic rings. The van der Waals surface area contributed by atoms with Crippen LogP contribution >= 0.6 is 0 Å². The first-order chi connectivity index (χ1) is 24.6. The van der Waals surface area contributed by atoms with Crippen molar-refractivity contribution in [2.24, 2.45) is 10.2 Å². The Hall–Kier alpha value is -6.67. The van der Waals surface area contributed by atoms with Crippen LogP contribution in [0.4, 0.5) is 38.9 Å². The summed E-state index contributed by atoms with van der Waals surface area (Å²) >= 11 is 0. The van der Waals surface area contributed by atoms with E-state index in [9.17, 15) is 40.3 Å². The van der Waals surface area contributed by atoms with Crippen LogP contribution in [-0.4, -0.2) is 55.0 Å². The first kappa shape index (κ1) is 35.2. The van der Waals surface area contributed by atoms with Crippen molar-refractivity contribution in [3.05, 3.63) is 117 Å². The zero-order valence-corrected chi connectivity index (χ0v) is 28.0. The summed E-state index contributed by atoms with van der Waals surface area (Å²) in [6, 6.07) is 19.8. The molecule has 2 aliphatic carbocycles. The molecule has 19 heteroatoms. The van der Waals surface area contributed by atoms with Crippen molar-refractivity contribution in [3.8, 4) is 0 Å². The zero-order chi connectivity index (χ0) is 37.4. The average molecular weight is 743 g/mol. The second kappa shape index (κ2) is 13.6. The lowest BCUT2D eigenvalue weighted by Crippen LogP contribution is -2.27. The van der Waals surface area contributed by atoms with Gasteiger partial charge >= 0.3 is 6.03 Å². The number of benzene rings is 4. The number of nitrogen functional groups attached to an aromatic ring is 2. The van der Waals surface area contributed by atoms with Crippen LogP contribution < -0.4 is 33.0 Å². The van der Waals surface area contributed by atoms with Gasteiger partial charge in [-0.2, -0.15) is 27.0 Å². The van der Waals surface area contributed by atoms with E-state index in [1.807, 2.05) is 0 Å². The van der Waals surface area contributed by atoms with Gasteiger partial charge in [-0.25, -0.2) is 4.79 Å². The lowest BCUT2D eigenvalue weighted by Gasteiger charge is -2.18. The van der Waals surface area contributed by atoms with Gasteiger partial charge in [-0.1, -0.05) is 12.1 Å². The Morgan fingerprint density at radius 3 is 1.35 bits per heavy atom. The number of hydrogen-bond donors (Lipinski definition) is 8. The van der Waals surface area contributed by atoms with Gasteiger partial charge in [0.2, 0.25) is 11.6 Å². The highest BCUT2D eigenvalue weighted by molar-refractivity contribution is 7.91. The fourth-order valence-corrected chi connectivity index (χ4v) is 6.50. The number of carbonyl (C=O) groups excluding carboxylic acids is 3. The van der Waals surface area contributed by atoms with E-state index in [2.05, 4.69) is 31.7 Å². The van der Waals surface area contributed by atoms with Crippen LogP contribution in [0.1, 0.15) is 31.8 Å². The monoisotopic (exact) mass is 742 g/mol. The molecule has 0 spiro atoms. The van der Waals surface area contributed by atoms with Gasteiger partial charge in [-0.15, -0.1) is 0 Å². The standard InChI is InChI=1S/C33H26N8O9S2/c34-19-3-1-5-23(15-19)38-40-29-27(51(45,46)47)13-17-11-21(7-9-25(17)31(29)42)36-33(44)37-22-8-10-26-18(12-22)14-28(52(48,49)50)30(32(26)43)41-39-24-6-2-4-20(35)16-24/h1-16,38-39H,34-35H2,(H2,36,37,44)(H,45,46,47)(H,48,49,50)/b40-29-,41-30-. The quantitative estimate of drug-likeness (QED) is 0.0712. The first-order valence-corrected chi connectivity index (χ1v) is 17.7. The summed E-state index contributed by atoms with van der Waals surface area (Å²) in [4.78, 5) is 38.0. The molecule has 4 aromatic carbocycles. The number of amides is 2. The van der Waals surface area contributed by atoms with Gasteiger partial charge < -0.3 is 22.1 Å². The number of fused-ring (bicyclic) bond motifs is 2. The molecule has 10 N–H and O–H groups in total. The first-order valence-electron chi connectivity index (χ1n) is 14.8. The van der Waals surface area contributed by atoms with Gasteiger partial charge in [-0.05, 0) is 96.1 Å². The van der Waals surface area contributed by atoms with Gasteiger partial charge in [-0.3, -0.25) is 29.5 Å². The van der Waals surface area contributed by atoms with E-state index in [0.717, 1.165) is 12.2 Å². The van der Waals surface area contributed by atoms with Crippen molar-refractivity contribution in [2.75, 3.05) is 33.0 Å². The predicted octanol–water partition coefficient (Wildman–Crippen LogP) is 4.28. The number of nitrogens with two attached hydrogens (primary N) is 2. The maximum atomic E-state index is 13.3. The van der Waals surface area contributed by atoms with Crippen LogP contribution in [0.2, 0.25) is 0 Å². The molecule has 0 saturated heterocycles. The SMILES string of the molecule is Nc1cccc(N/N=C2\C(=O)c3ccc(NC(=O)Nc4ccc5c(c4)C=C(S(=O)(=O)O)/C(=N/Nc4cccc(N)c4)C5=O)cc3C=C2S(=O)(=O)O)c1.